The number of aliphatic hydroxyl groups excluding tert-OH is 9. The maximum Gasteiger partial charge on any atom is 0.152 e. The summed E-state index contributed by atoms with van der Waals surface area (Å²) in [5, 5.41) is 204. The molecule has 3 unspecified atom stereocenters. The summed E-state index contributed by atoms with van der Waals surface area (Å²) in [5.74, 6) is -19.3. The van der Waals surface area contributed by atoms with Gasteiger partial charge in [-0.3, -0.25) is 0 Å². The molecule has 6 aliphatic rings. The molecule has 3 aliphatic carbocycles. The lowest BCUT2D eigenvalue weighted by Crippen LogP contribution is -2.49. The predicted molar refractivity (Wildman–Crippen MR) is 246 cm³/mol. The van der Waals surface area contributed by atoms with Crippen molar-refractivity contribution in [3.8, 4) is 69.0 Å². The van der Waals surface area contributed by atoms with Crippen LogP contribution in [0.2, 0.25) is 0 Å². The van der Waals surface area contributed by atoms with Crippen LogP contribution in [0, 0.1) is 17.8 Å². The van der Waals surface area contributed by atoms with E-state index in [1.807, 2.05) is 0 Å². The molecule has 21 heteroatoms. The van der Waals surface area contributed by atoms with Crippen molar-refractivity contribution >= 4 is 0 Å². The zero-order valence-electron chi connectivity index (χ0n) is 37.3. The molecule has 3 heterocycles. The Hall–Kier alpha value is -8.40. The van der Waals surface area contributed by atoms with Crippen LogP contribution >= 0.6 is 0 Å². The normalized spacial score (nSPS) is 29.7. The molecular formula is C51H48O21. The van der Waals surface area contributed by atoms with Crippen LogP contribution in [0.5, 0.6) is 69.0 Å². The Morgan fingerprint density at radius 2 is 0.625 bits per heavy atom. The number of phenolic OH excluding ortho intramolecular Hbond substituents is 9. The lowest BCUT2D eigenvalue weighted by atomic mass is 9.70. The highest BCUT2D eigenvalue weighted by molar-refractivity contribution is 5.72. The average Bonchev–Trinajstić information content (AvgIpc) is 3.30. The molecule has 0 amide bonds. The largest absolute Gasteiger partial charge is 0.508 e. The molecular weight excluding hydrogens is 949 g/mol. The van der Waals surface area contributed by atoms with Gasteiger partial charge in [-0.05, 0) is 18.2 Å². The van der Waals surface area contributed by atoms with Crippen molar-refractivity contribution in [2.24, 2.45) is 17.8 Å². The Kier molecular flexibility index (Phi) is 11.3. The van der Waals surface area contributed by atoms with E-state index in [9.17, 15) is 91.9 Å². The van der Waals surface area contributed by atoms with E-state index < -0.39 is 204 Å². The quantitative estimate of drug-likeness (QED) is 0.113. The van der Waals surface area contributed by atoms with Gasteiger partial charge in [-0.1, -0.05) is 18.2 Å². The van der Waals surface area contributed by atoms with Crippen LogP contribution in [0.4, 0.5) is 0 Å². The van der Waals surface area contributed by atoms with Gasteiger partial charge in [-0.2, -0.15) is 0 Å². The number of aromatic hydroxyl groups is 9. The van der Waals surface area contributed by atoms with Gasteiger partial charge in [0, 0.05) is 107 Å². The summed E-state index contributed by atoms with van der Waals surface area (Å²) >= 11 is 0. The van der Waals surface area contributed by atoms with Crippen molar-refractivity contribution in [3.63, 3.8) is 0 Å². The summed E-state index contributed by atoms with van der Waals surface area (Å²) in [6, 6.07) is 5.31. The molecule has 72 heavy (non-hydrogen) atoms. The third-order valence-electron chi connectivity index (χ3n) is 14.5. The molecule has 4 aromatic rings. The van der Waals surface area contributed by atoms with E-state index >= 15 is 0 Å². The fraction of sp³-hybridized carbons (Fsp3) is 0.294. The zero-order valence-corrected chi connectivity index (χ0v) is 37.3. The Bertz CT molecular complexity index is 3110. The van der Waals surface area contributed by atoms with Gasteiger partial charge in [0.05, 0.1) is 17.8 Å². The number of ether oxygens (including phenoxy) is 3. The number of hydrogen-bond acceptors (Lipinski definition) is 21. The number of allylic oxidation sites excluding steroid dienone is 6. The van der Waals surface area contributed by atoms with E-state index in [1.54, 1.807) is 0 Å². The summed E-state index contributed by atoms with van der Waals surface area (Å²) in [6.45, 7) is 0. The second-order valence-electron chi connectivity index (χ2n) is 18.7. The molecule has 12 atom stereocenters. The first-order valence-electron chi connectivity index (χ1n) is 22.5. The fourth-order valence-electron chi connectivity index (χ4n) is 11.2. The van der Waals surface area contributed by atoms with Crippen molar-refractivity contribution in [3.05, 3.63) is 141 Å². The number of rotatable bonds is 6. The number of hydrogen-bond donors (Lipinski definition) is 18. The Balaban J connectivity index is 1.24. The average molecular weight is 997 g/mol. The second-order valence-corrected chi connectivity index (χ2v) is 18.7. The van der Waals surface area contributed by atoms with Crippen LogP contribution in [-0.4, -0.2) is 129 Å². The minimum Gasteiger partial charge on any atom is -0.508 e. The first kappa shape index (κ1) is 47.3. The lowest BCUT2D eigenvalue weighted by molar-refractivity contribution is -0.0292. The molecule has 0 radical (unpaired) electrons. The van der Waals surface area contributed by atoms with Crippen molar-refractivity contribution in [1.29, 1.82) is 0 Å². The van der Waals surface area contributed by atoms with Gasteiger partial charge < -0.3 is 106 Å². The zero-order chi connectivity index (χ0) is 51.5. The molecule has 0 fully saturated rings. The van der Waals surface area contributed by atoms with Crippen LogP contribution in [0.3, 0.4) is 0 Å². The van der Waals surface area contributed by atoms with Crippen LogP contribution in [0.25, 0.3) is 0 Å². The Morgan fingerprint density at radius 1 is 0.333 bits per heavy atom. The van der Waals surface area contributed by atoms with Gasteiger partial charge in [-0.15, -0.1) is 0 Å². The summed E-state index contributed by atoms with van der Waals surface area (Å²) < 4.78 is 19.4. The molecule has 4 aromatic carbocycles. The highest BCUT2D eigenvalue weighted by atomic mass is 16.5. The Morgan fingerprint density at radius 3 is 0.986 bits per heavy atom. The summed E-state index contributed by atoms with van der Waals surface area (Å²) in [4.78, 5) is 0. The van der Waals surface area contributed by atoms with Crippen molar-refractivity contribution in [1.82, 2.24) is 0 Å². The maximum absolute atomic E-state index is 12.8. The van der Waals surface area contributed by atoms with Crippen LogP contribution in [0.1, 0.15) is 70.4 Å². The van der Waals surface area contributed by atoms with Crippen molar-refractivity contribution in [2.75, 3.05) is 0 Å². The number of aliphatic hydroxyl groups is 9. The molecule has 3 aliphatic heterocycles. The molecule has 0 saturated carbocycles. The van der Waals surface area contributed by atoms with E-state index in [0.29, 0.717) is 0 Å². The van der Waals surface area contributed by atoms with E-state index in [-0.39, 0.29) is 24.2 Å². The molecule has 10 rings (SSSR count). The molecule has 0 spiro atoms. The van der Waals surface area contributed by atoms with Gasteiger partial charge in [0.25, 0.3) is 0 Å². The third kappa shape index (κ3) is 7.42. The first-order chi connectivity index (χ1) is 34.1. The third-order valence-corrected chi connectivity index (χ3v) is 14.5. The van der Waals surface area contributed by atoms with Gasteiger partial charge >= 0.3 is 0 Å². The van der Waals surface area contributed by atoms with Crippen LogP contribution in [-0.2, 0) is 0 Å². The van der Waals surface area contributed by atoms with Crippen LogP contribution < -0.4 is 14.2 Å². The highest BCUT2D eigenvalue weighted by Gasteiger charge is 2.54. The molecule has 0 saturated heterocycles. The van der Waals surface area contributed by atoms with Gasteiger partial charge in [0.15, 0.2) is 17.3 Å². The van der Waals surface area contributed by atoms with E-state index in [0.717, 1.165) is 48.6 Å². The number of phenols is 9. The van der Waals surface area contributed by atoms with Crippen molar-refractivity contribution in [2.45, 2.75) is 73.6 Å². The standard InChI is InChI=1S/C51H48O21/c52-19-10-27(60)35(28(61)11-19)41-37-30(63)14-32(65)39(50(37)71-48(44(41)67)17-2-5-22(55)25(58)8-17)43-40-33(66)15-31(64)38(51(40)72-49(46(43)69)18-3-6-23(56)26(59)9-18)42-36-29(62)12-20(53)13-34(36)70-47(45(42)68)16-1-4-21(54)24(57)7-16/h1-6,10-18,41-49,52-69H,7-9H2/t16?,17?,18?,41-,42+,43-,44+,45+,46+,47+,48+,49+/m0/s1. The van der Waals surface area contributed by atoms with Crippen molar-refractivity contribution < 1.29 is 106 Å². The van der Waals surface area contributed by atoms with E-state index in [4.69, 9.17) is 14.2 Å². The van der Waals surface area contributed by atoms with Gasteiger partial charge in [-0.25, -0.2) is 0 Å². The topological polar surface area (TPSA) is 392 Å². The minimum atomic E-state index is -2.00. The minimum absolute atomic E-state index is 0.230. The predicted octanol–water partition coefficient (Wildman–Crippen LogP) is 5.51. The molecule has 378 valence electrons. The number of benzene rings is 4. The fourth-order valence-corrected chi connectivity index (χ4v) is 11.2. The highest BCUT2D eigenvalue weighted by Crippen LogP contribution is 2.63. The molecule has 18 N–H and O–H groups in total. The monoisotopic (exact) mass is 996 g/mol. The summed E-state index contributed by atoms with van der Waals surface area (Å²) in [6.07, 6.45) is -3.83. The molecule has 0 bridgehead atoms. The first-order valence-corrected chi connectivity index (χ1v) is 22.5. The summed E-state index contributed by atoms with van der Waals surface area (Å²) in [5.41, 5.74) is -2.47. The van der Waals surface area contributed by atoms with Crippen LogP contribution in [0.15, 0.2) is 107 Å². The molecule has 0 aromatic heterocycles. The van der Waals surface area contributed by atoms with Gasteiger partial charge in [0.1, 0.15) is 123 Å². The van der Waals surface area contributed by atoms with Gasteiger partial charge in [0.2, 0.25) is 0 Å². The van der Waals surface area contributed by atoms with E-state index in [2.05, 4.69) is 0 Å². The molecule has 21 nitrogen and oxygen atoms in total. The summed E-state index contributed by atoms with van der Waals surface area (Å²) in [7, 11) is 0. The number of fused-ring (bicyclic) bond motifs is 3. The second kappa shape index (κ2) is 17.2. The lowest BCUT2D eigenvalue weighted by Gasteiger charge is -2.46. The van der Waals surface area contributed by atoms with E-state index in [1.165, 1.54) is 24.3 Å². The maximum atomic E-state index is 12.8. The Labute approximate surface area is 406 Å². The SMILES string of the molecule is OC1=C(O)CC([C@H]2Oc3c(c(O)cc(O)c3[C@H]3c4c(O)cc(O)cc4O[C@H](C4C=CC(O)=C(O)C4)[C@@H]3O)[C@H](c3c(O)cc(O)c4c3O[C@H](C3C=CC(O)=C(O)C3)[C@H](O)[C@H]4c3c(O)cc(O)cc3O)[C@H]2O)C=C1. The smallest absolute Gasteiger partial charge is 0.152 e.